The molecule has 110 valence electrons. The Morgan fingerprint density at radius 3 is 1.85 bits per heavy atom. The Morgan fingerprint density at radius 2 is 1.50 bits per heavy atom. The van der Waals surface area contributed by atoms with Gasteiger partial charge in [-0.3, -0.25) is 0 Å². The average molecular weight is 307 g/mol. The SMILES string of the molecule is O=C(O)c1ccc(C(=O)OCC(O)O)cc1.O=[P+](O)O. The van der Waals surface area contributed by atoms with Crippen LogP contribution < -0.4 is 0 Å². The molecule has 1 aromatic rings. The molecule has 0 aliphatic rings. The van der Waals surface area contributed by atoms with Crippen LogP contribution in [0.5, 0.6) is 0 Å². The molecule has 9 nitrogen and oxygen atoms in total. The lowest BCUT2D eigenvalue weighted by Gasteiger charge is -2.05. The van der Waals surface area contributed by atoms with Crippen LogP contribution in [0.1, 0.15) is 20.7 Å². The van der Waals surface area contributed by atoms with E-state index in [0.29, 0.717) is 0 Å². The molecule has 0 aliphatic carbocycles. The van der Waals surface area contributed by atoms with E-state index in [0.717, 1.165) is 0 Å². The van der Waals surface area contributed by atoms with E-state index in [-0.39, 0.29) is 11.1 Å². The van der Waals surface area contributed by atoms with Crippen molar-refractivity contribution in [1.82, 2.24) is 0 Å². The molecule has 0 unspecified atom stereocenters. The number of aliphatic hydroxyl groups is 2. The number of aromatic carboxylic acids is 1. The molecular formula is C10H12O9P+. The lowest BCUT2D eigenvalue weighted by Crippen LogP contribution is -2.17. The summed E-state index contributed by atoms with van der Waals surface area (Å²) in [5, 5.41) is 25.5. The predicted octanol–water partition coefficient (Wildman–Crippen LogP) is -0.519. The Labute approximate surface area is 113 Å². The summed E-state index contributed by atoms with van der Waals surface area (Å²) in [6, 6.07) is 5.09. The number of aliphatic hydroxyl groups excluding tert-OH is 1. The smallest absolute Gasteiger partial charge is 0.478 e. The van der Waals surface area contributed by atoms with E-state index in [2.05, 4.69) is 4.74 Å². The van der Waals surface area contributed by atoms with Gasteiger partial charge in [-0.1, -0.05) is 0 Å². The Morgan fingerprint density at radius 1 is 1.10 bits per heavy atom. The second kappa shape index (κ2) is 9.08. The molecular weight excluding hydrogens is 295 g/mol. The molecule has 0 atom stereocenters. The largest absolute Gasteiger partial charge is 0.692 e. The molecule has 0 radical (unpaired) electrons. The van der Waals surface area contributed by atoms with Gasteiger partial charge in [-0.2, -0.15) is 0 Å². The Kier molecular flexibility index (Phi) is 8.21. The lowest BCUT2D eigenvalue weighted by molar-refractivity contribution is -0.0812. The fourth-order valence-electron chi connectivity index (χ4n) is 0.982. The minimum atomic E-state index is -2.87. The third kappa shape index (κ3) is 8.25. The van der Waals surface area contributed by atoms with Crippen LogP contribution in [0.2, 0.25) is 0 Å². The highest BCUT2D eigenvalue weighted by atomic mass is 31.1. The molecule has 1 aromatic carbocycles. The van der Waals surface area contributed by atoms with Crippen molar-refractivity contribution in [2.45, 2.75) is 6.29 Å². The fourth-order valence-corrected chi connectivity index (χ4v) is 0.982. The van der Waals surface area contributed by atoms with Crippen LogP contribution in [0.3, 0.4) is 0 Å². The van der Waals surface area contributed by atoms with Gasteiger partial charge in [0.25, 0.3) is 0 Å². The third-order valence-corrected chi connectivity index (χ3v) is 1.73. The maximum absolute atomic E-state index is 11.2. The second-order valence-corrected chi connectivity index (χ2v) is 3.72. The number of carboxylic acid groups (broad SMARTS) is 1. The Hall–Kier alpha value is -1.90. The molecule has 0 bridgehead atoms. The summed E-state index contributed by atoms with van der Waals surface area (Å²) in [5.41, 5.74) is 0.199. The third-order valence-electron chi connectivity index (χ3n) is 1.73. The van der Waals surface area contributed by atoms with Crippen LogP contribution in [0.4, 0.5) is 0 Å². The zero-order chi connectivity index (χ0) is 15.7. The number of hydrogen-bond acceptors (Lipinski definition) is 6. The first-order valence-electron chi connectivity index (χ1n) is 4.95. The van der Waals surface area contributed by atoms with Crippen LogP contribution in [-0.4, -0.2) is 49.9 Å². The summed E-state index contributed by atoms with van der Waals surface area (Å²) in [4.78, 5) is 36.0. The van der Waals surface area contributed by atoms with Crippen molar-refractivity contribution in [2.75, 3.05) is 6.61 Å². The van der Waals surface area contributed by atoms with Gasteiger partial charge in [-0.25, -0.2) is 9.59 Å². The van der Waals surface area contributed by atoms with E-state index in [9.17, 15) is 9.59 Å². The number of carbonyl (C=O) groups excluding carboxylic acids is 1. The van der Waals surface area contributed by atoms with Crippen molar-refractivity contribution in [2.24, 2.45) is 0 Å². The topological polar surface area (TPSA) is 162 Å². The summed E-state index contributed by atoms with van der Waals surface area (Å²) in [6.45, 7) is -0.528. The molecule has 0 heterocycles. The van der Waals surface area contributed by atoms with Gasteiger partial charge in [-0.15, -0.1) is 9.79 Å². The summed E-state index contributed by atoms with van der Waals surface area (Å²) < 4.78 is 13.2. The van der Waals surface area contributed by atoms with Crippen LogP contribution in [0, 0.1) is 0 Å². The highest BCUT2D eigenvalue weighted by Crippen LogP contribution is 2.06. The lowest BCUT2D eigenvalue weighted by atomic mass is 10.1. The Bertz CT molecular complexity index is 464. The van der Waals surface area contributed by atoms with Crippen LogP contribution in [0.15, 0.2) is 24.3 Å². The van der Waals surface area contributed by atoms with E-state index in [4.69, 9.17) is 29.7 Å². The second-order valence-electron chi connectivity index (χ2n) is 3.21. The summed E-state index contributed by atoms with van der Waals surface area (Å²) >= 11 is 0. The van der Waals surface area contributed by atoms with E-state index in [1.165, 1.54) is 24.3 Å². The van der Waals surface area contributed by atoms with Crippen molar-refractivity contribution in [3.63, 3.8) is 0 Å². The number of esters is 1. The fraction of sp³-hybridized carbons (Fsp3) is 0.200. The van der Waals surface area contributed by atoms with E-state index < -0.39 is 33.1 Å². The monoisotopic (exact) mass is 307 g/mol. The van der Waals surface area contributed by atoms with Crippen molar-refractivity contribution in [1.29, 1.82) is 0 Å². The van der Waals surface area contributed by atoms with Crippen LogP contribution in [0.25, 0.3) is 0 Å². The number of rotatable bonds is 4. The first kappa shape index (κ1) is 18.1. The molecule has 0 saturated heterocycles. The molecule has 0 amide bonds. The minimum Gasteiger partial charge on any atom is -0.478 e. The van der Waals surface area contributed by atoms with Gasteiger partial charge in [0.2, 0.25) is 0 Å². The first-order chi connectivity index (χ1) is 9.23. The zero-order valence-corrected chi connectivity index (χ0v) is 10.8. The number of hydrogen-bond donors (Lipinski definition) is 5. The first-order valence-corrected chi connectivity index (χ1v) is 6.12. The summed E-state index contributed by atoms with van der Waals surface area (Å²) in [6.07, 6.45) is -1.72. The molecule has 0 saturated carbocycles. The van der Waals surface area contributed by atoms with Gasteiger partial charge in [0, 0.05) is 4.57 Å². The molecule has 10 heteroatoms. The zero-order valence-electron chi connectivity index (χ0n) is 9.91. The van der Waals surface area contributed by atoms with Crippen molar-refractivity contribution in [3.05, 3.63) is 35.4 Å². The highest BCUT2D eigenvalue weighted by molar-refractivity contribution is 7.30. The van der Waals surface area contributed by atoms with Crippen LogP contribution in [-0.2, 0) is 9.30 Å². The normalized spacial score (nSPS) is 9.45. The standard InChI is InChI=1S/C10H10O6.HO3P/c11-8(12)5-16-10(15)7-3-1-6(2-4-7)9(13)14;1-4(2)3/h1-4,8,11-12H,5H2,(H,13,14);(H-,1,2,3)/p+1. The summed E-state index contributed by atoms with van der Waals surface area (Å²) in [5.74, 6) is -1.84. The van der Waals surface area contributed by atoms with Gasteiger partial charge >= 0.3 is 20.2 Å². The van der Waals surface area contributed by atoms with Gasteiger partial charge in [-0.05, 0) is 24.3 Å². The van der Waals surface area contributed by atoms with Gasteiger partial charge in [0.15, 0.2) is 6.29 Å². The molecule has 5 N–H and O–H groups in total. The minimum absolute atomic E-state index is 0.0544. The number of benzene rings is 1. The number of ether oxygens (including phenoxy) is 1. The molecule has 0 aliphatic heterocycles. The average Bonchev–Trinajstić information content (AvgIpc) is 2.35. The molecule has 0 fully saturated rings. The Balaban J connectivity index is 0.000000796. The van der Waals surface area contributed by atoms with Gasteiger partial charge in [0.05, 0.1) is 11.1 Å². The summed E-state index contributed by atoms with van der Waals surface area (Å²) in [7, 11) is -2.87. The molecule has 1 rings (SSSR count). The highest BCUT2D eigenvalue weighted by Gasteiger charge is 2.10. The van der Waals surface area contributed by atoms with Crippen molar-refractivity contribution >= 4 is 20.2 Å². The molecule has 0 aromatic heterocycles. The number of carbonyl (C=O) groups is 2. The van der Waals surface area contributed by atoms with Crippen LogP contribution >= 0.6 is 8.25 Å². The van der Waals surface area contributed by atoms with Crippen molar-refractivity contribution < 1.29 is 44.0 Å². The van der Waals surface area contributed by atoms with Gasteiger partial charge in [0.1, 0.15) is 6.61 Å². The van der Waals surface area contributed by atoms with E-state index in [1.807, 2.05) is 0 Å². The quantitative estimate of drug-likeness (QED) is 0.280. The van der Waals surface area contributed by atoms with E-state index in [1.54, 1.807) is 0 Å². The van der Waals surface area contributed by atoms with Crippen molar-refractivity contribution in [3.8, 4) is 0 Å². The predicted molar refractivity (Wildman–Crippen MR) is 64.0 cm³/mol. The maximum atomic E-state index is 11.2. The number of carboxylic acids is 1. The molecule has 0 spiro atoms. The maximum Gasteiger partial charge on any atom is 0.692 e. The van der Waals surface area contributed by atoms with E-state index >= 15 is 0 Å². The van der Waals surface area contributed by atoms with Gasteiger partial charge < -0.3 is 20.1 Å². The molecule has 20 heavy (non-hydrogen) atoms.